The van der Waals surface area contributed by atoms with Crippen LogP contribution in [-0.4, -0.2) is 24.2 Å². The quantitative estimate of drug-likeness (QED) is 0.326. The largest absolute Gasteiger partial charge is 0.496 e. The van der Waals surface area contributed by atoms with Crippen molar-refractivity contribution in [2.24, 2.45) is 0 Å². The summed E-state index contributed by atoms with van der Waals surface area (Å²) >= 11 is 6.57. The van der Waals surface area contributed by atoms with E-state index in [9.17, 15) is 14.4 Å². The van der Waals surface area contributed by atoms with E-state index >= 15 is 0 Å². The maximum atomic E-state index is 12.6. The molecule has 0 unspecified atom stereocenters. The molecule has 0 atom stereocenters. The summed E-state index contributed by atoms with van der Waals surface area (Å²) in [5.74, 6) is -1.91. The second-order valence-corrected chi connectivity index (χ2v) is 6.91. The summed E-state index contributed by atoms with van der Waals surface area (Å²) in [5.41, 5.74) is -1.48. The van der Waals surface area contributed by atoms with Crippen LogP contribution in [0.4, 0.5) is 0 Å². The number of rotatable bonds is 4. The van der Waals surface area contributed by atoms with E-state index in [0.29, 0.717) is 14.7 Å². The van der Waals surface area contributed by atoms with Crippen LogP contribution >= 0.6 is 31.9 Å². The van der Waals surface area contributed by atoms with Gasteiger partial charge in [0.2, 0.25) is 0 Å². The molecule has 0 fully saturated rings. The van der Waals surface area contributed by atoms with Crippen molar-refractivity contribution in [1.29, 1.82) is 0 Å². The lowest BCUT2D eigenvalue weighted by molar-refractivity contribution is 0.0688. The van der Waals surface area contributed by atoms with Crippen LogP contribution in [0.1, 0.15) is 20.7 Å². The first-order valence-corrected chi connectivity index (χ1v) is 8.96. The summed E-state index contributed by atoms with van der Waals surface area (Å²) < 4.78 is 16.5. The number of esters is 1. The first kappa shape index (κ1) is 19.1. The number of aromatic carboxylic acids is 1. The zero-order chi connectivity index (χ0) is 19.7. The Kier molecular flexibility index (Phi) is 5.33. The fraction of sp³-hybridized carbons (Fsp3) is 0.0556. The van der Waals surface area contributed by atoms with Crippen LogP contribution in [0, 0.1) is 0 Å². The summed E-state index contributed by atoms with van der Waals surface area (Å²) in [6.45, 7) is 0. The predicted octanol–water partition coefficient (Wildman–Crippen LogP) is 4.24. The fourth-order valence-corrected chi connectivity index (χ4v) is 3.18. The van der Waals surface area contributed by atoms with Crippen molar-refractivity contribution in [3.05, 3.63) is 66.9 Å². The number of ether oxygens (including phenoxy) is 2. The molecule has 0 amide bonds. The van der Waals surface area contributed by atoms with E-state index < -0.39 is 23.1 Å². The normalized spacial score (nSPS) is 10.6. The topological polar surface area (TPSA) is 103 Å². The highest BCUT2D eigenvalue weighted by Gasteiger charge is 2.22. The van der Waals surface area contributed by atoms with Crippen LogP contribution in [-0.2, 0) is 0 Å². The molecule has 0 bridgehead atoms. The maximum Gasteiger partial charge on any atom is 0.351 e. The molecule has 1 heterocycles. The number of para-hydroxylation sites is 1. The molecule has 138 valence electrons. The Morgan fingerprint density at radius 2 is 1.81 bits per heavy atom. The number of hydrogen-bond acceptors (Lipinski definition) is 6. The Morgan fingerprint density at radius 3 is 2.48 bits per heavy atom. The number of fused-ring (bicyclic) bond motifs is 1. The number of carboxylic acids is 1. The van der Waals surface area contributed by atoms with E-state index in [4.69, 9.17) is 19.0 Å². The van der Waals surface area contributed by atoms with Crippen molar-refractivity contribution in [3.63, 3.8) is 0 Å². The highest BCUT2D eigenvalue weighted by atomic mass is 79.9. The van der Waals surface area contributed by atoms with E-state index in [1.807, 2.05) is 0 Å². The fourth-order valence-electron chi connectivity index (χ4n) is 2.38. The molecule has 0 radical (unpaired) electrons. The van der Waals surface area contributed by atoms with E-state index in [-0.39, 0.29) is 22.3 Å². The van der Waals surface area contributed by atoms with E-state index in [2.05, 4.69) is 31.9 Å². The average molecular weight is 498 g/mol. The van der Waals surface area contributed by atoms with Crippen molar-refractivity contribution in [3.8, 4) is 11.5 Å². The van der Waals surface area contributed by atoms with Gasteiger partial charge in [0.05, 0.1) is 11.6 Å². The van der Waals surface area contributed by atoms with Crippen LogP contribution in [0.25, 0.3) is 11.0 Å². The third-order valence-corrected chi connectivity index (χ3v) is 5.57. The lowest BCUT2D eigenvalue weighted by atomic mass is 10.1. The van der Waals surface area contributed by atoms with E-state index in [1.54, 1.807) is 18.2 Å². The number of hydrogen-bond donors (Lipinski definition) is 1. The Morgan fingerprint density at radius 1 is 1.11 bits per heavy atom. The molecular weight excluding hydrogens is 488 g/mol. The summed E-state index contributed by atoms with van der Waals surface area (Å²) in [5, 5.41) is 9.36. The van der Waals surface area contributed by atoms with Gasteiger partial charge in [0.1, 0.15) is 16.9 Å². The SMILES string of the molecule is COc1ccccc1C(=O)Oc1c(Br)c(Br)cc2cc(C(=O)O)c(=O)oc12. The summed E-state index contributed by atoms with van der Waals surface area (Å²) in [6, 6.07) is 9.16. The first-order valence-electron chi connectivity index (χ1n) is 7.37. The van der Waals surface area contributed by atoms with Gasteiger partial charge in [0.25, 0.3) is 0 Å². The van der Waals surface area contributed by atoms with Crippen LogP contribution < -0.4 is 15.1 Å². The van der Waals surface area contributed by atoms with Gasteiger partial charge in [-0.2, -0.15) is 0 Å². The Balaban J connectivity index is 2.17. The summed E-state index contributed by atoms with van der Waals surface area (Å²) in [6.07, 6.45) is 0. The van der Waals surface area contributed by atoms with Crippen molar-refractivity contribution < 1.29 is 28.6 Å². The summed E-state index contributed by atoms with van der Waals surface area (Å²) in [7, 11) is 1.42. The number of carboxylic acid groups (broad SMARTS) is 1. The zero-order valence-electron chi connectivity index (χ0n) is 13.6. The molecule has 9 heteroatoms. The molecule has 2 aromatic carbocycles. The third kappa shape index (κ3) is 3.60. The smallest absolute Gasteiger partial charge is 0.351 e. The molecule has 27 heavy (non-hydrogen) atoms. The second kappa shape index (κ2) is 7.53. The van der Waals surface area contributed by atoms with Gasteiger partial charge < -0.3 is 19.0 Å². The molecule has 1 N–H and O–H groups in total. The molecular formula is C18H10Br2O7. The van der Waals surface area contributed by atoms with Crippen molar-refractivity contribution in [2.75, 3.05) is 7.11 Å². The molecule has 7 nitrogen and oxygen atoms in total. The Hall–Kier alpha value is -2.65. The van der Waals surface area contributed by atoms with Crippen LogP contribution in [0.15, 0.2) is 54.6 Å². The molecule has 3 aromatic rings. The van der Waals surface area contributed by atoms with Gasteiger partial charge in [0, 0.05) is 9.86 Å². The minimum atomic E-state index is -1.42. The predicted molar refractivity (Wildman–Crippen MR) is 103 cm³/mol. The molecule has 0 aliphatic carbocycles. The van der Waals surface area contributed by atoms with E-state index in [0.717, 1.165) is 6.07 Å². The molecule has 0 aliphatic rings. The number of methoxy groups -OCH3 is 1. The van der Waals surface area contributed by atoms with Crippen LogP contribution in [0.2, 0.25) is 0 Å². The number of halogens is 2. The maximum absolute atomic E-state index is 12.6. The van der Waals surface area contributed by atoms with Crippen molar-refractivity contribution in [2.45, 2.75) is 0 Å². The molecule has 0 saturated heterocycles. The Bertz CT molecular complexity index is 1130. The summed E-state index contributed by atoms with van der Waals surface area (Å²) in [4.78, 5) is 35.7. The Labute approximate surface area is 168 Å². The second-order valence-electron chi connectivity index (χ2n) is 5.26. The van der Waals surface area contributed by atoms with Gasteiger partial charge in [-0.3, -0.25) is 0 Å². The van der Waals surface area contributed by atoms with E-state index in [1.165, 1.54) is 19.2 Å². The lowest BCUT2D eigenvalue weighted by Crippen LogP contribution is -2.14. The number of carbonyl (C=O) groups is 2. The van der Waals surface area contributed by atoms with Gasteiger partial charge in [-0.05, 0) is 56.1 Å². The molecule has 0 spiro atoms. The zero-order valence-corrected chi connectivity index (χ0v) is 16.8. The van der Waals surface area contributed by atoms with Crippen LogP contribution in [0.3, 0.4) is 0 Å². The average Bonchev–Trinajstić information content (AvgIpc) is 2.65. The van der Waals surface area contributed by atoms with Crippen LogP contribution in [0.5, 0.6) is 11.5 Å². The van der Waals surface area contributed by atoms with Gasteiger partial charge in [-0.15, -0.1) is 0 Å². The minimum Gasteiger partial charge on any atom is -0.496 e. The molecule has 1 aromatic heterocycles. The lowest BCUT2D eigenvalue weighted by Gasteiger charge is -2.12. The minimum absolute atomic E-state index is 0.0654. The van der Waals surface area contributed by atoms with Gasteiger partial charge in [0.15, 0.2) is 11.3 Å². The first-order chi connectivity index (χ1) is 12.8. The van der Waals surface area contributed by atoms with Crippen molar-refractivity contribution >= 4 is 54.8 Å². The van der Waals surface area contributed by atoms with Gasteiger partial charge in [-0.25, -0.2) is 14.4 Å². The number of benzene rings is 2. The third-order valence-electron chi connectivity index (χ3n) is 3.63. The highest BCUT2D eigenvalue weighted by molar-refractivity contribution is 9.13. The van der Waals surface area contributed by atoms with Gasteiger partial charge in [-0.1, -0.05) is 12.1 Å². The number of carbonyl (C=O) groups excluding carboxylic acids is 1. The molecule has 0 saturated carbocycles. The van der Waals surface area contributed by atoms with Gasteiger partial charge >= 0.3 is 17.6 Å². The molecule has 0 aliphatic heterocycles. The highest BCUT2D eigenvalue weighted by Crippen LogP contribution is 2.40. The van der Waals surface area contributed by atoms with Crippen molar-refractivity contribution in [1.82, 2.24) is 0 Å². The molecule has 3 rings (SSSR count). The standard InChI is InChI=1S/C18H10Br2O7/c1-25-12-5-3-2-4-9(12)17(23)27-15-13(20)11(19)7-8-6-10(16(21)22)18(24)26-14(8)15/h2-7H,1H3,(H,21,22). The monoisotopic (exact) mass is 496 g/mol.